The minimum absolute atomic E-state index is 0.485. The van der Waals surface area contributed by atoms with Crippen LogP contribution in [0.5, 0.6) is 0 Å². The van der Waals surface area contributed by atoms with Gasteiger partial charge in [0, 0.05) is 31.9 Å². The summed E-state index contributed by atoms with van der Waals surface area (Å²) in [5.74, 6) is 1.66. The molecule has 1 aliphatic rings. The van der Waals surface area contributed by atoms with Crippen LogP contribution in [0.2, 0.25) is 0 Å². The molecule has 1 aromatic carbocycles. The van der Waals surface area contributed by atoms with E-state index in [0.29, 0.717) is 12.6 Å². The van der Waals surface area contributed by atoms with Crippen LogP contribution in [0.15, 0.2) is 59.7 Å². The Kier molecular flexibility index (Phi) is 6.36. The Labute approximate surface area is 171 Å². The van der Waals surface area contributed by atoms with Crippen LogP contribution in [-0.4, -0.2) is 51.1 Å². The number of guanidine groups is 1. The molecule has 1 saturated heterocycles. The van der Waals surface area contributed by atoms with E-state index in [9.17, 15) is 0 Å². The van der Waals surface area contributed by atoms with Crippen molar-refractivity contribution in [2.24, 2.45) is 4.99 Å². The van der Waals surface area contributed by atoms with E-state index in [1.54, 1.807) is 0 Å². The molecule has 0 amide bonds. The van der Waals surface area contributed by atoms with Crippen molar-refractivity contribution in [2.75, 3.05) is 19.6 Å². The quantitative estimate of drug-likeness (QED) is 0.478. The highest BCUT2D eigenvalue weighted by Gasteiger charge is 2.24. The summed E-state index contributed by atoms with van der Waals surface area (Å²) < 4.78 is 1.98. The van der Waals surface area contributed by atoms with Crippen molar-refractivity contribution < 1.29 is 0 Å². The molecule has 3 aromatic rings. The van der Waals surface area contributed by atoms with Crippen LogP contribution in [-0.2, 0) is 13.1 Å². The minimum atomic E-state index is 0.485. The summed E-state index contributed by atoms with van der Waals surface area (Å²) >= 11 is 0. The maximum Gasteiger partial charge on any atom is 0.191 e. The number of fused-ring (bicyclic) bond motifs is 1. The van der Waals surface area contributed by atoms with Gasteiger partial charge < -0.3 is 10.6 Å². The van der Waals surface area contributed by atoms with Crippen LogP contribution in [0.1, 0.15) is 31.2 Å². The summed E-state index contributed by atoms with van der Waals surface area (Å²) in [4.78, 5) is 7.30. The summed E-state index contributed by atoms with van der Waals surface area (Å²) in [5, 5.41) is 15.3. The SMILES string of the molecule is CCNC(=NCc1nnc2ccccn12)NCC1CCCN1Cc1ccccc1. The molecule has 1 fully saturated rings. The molecule has 4 rings (SSSR count). The van der Waals surface area contributed by atoms with Gasteiger partial charge in [-0.3, -0.25) is 9.30 Å². The van der Waals surface area contributed by atoms with Crippen molar-refractivity contribution in [2.45, 2.75) is 38.9 Å². The second kappa shape index (κ2) is 9.52. The third kappa shape index (κ3) is 4.92. The van der Waals surface area contributed by atoms with Gasteiger partial charge in [0.25, 0.3) is 0 Å². The van der Waals surface area contributed by atoms with E-state index >= 15 is 0 Å². The van der Waals surface area contributed by atoms with Crippen molar-refractivity contribution in [1.29, 1.82) is 0 Å². The van der Waals surface area contributed by atoms with E-state index < -0.39 is 0 Å². The maximum atomic E-state index is 4.73. The van der Waals surface area contributed by atoms with Crippen LogP contribution >= 0.6 is 0 Å². The molecule has 0 saturated carbocycles. The first kappa shape index (κ1) is 19.4. The van der Waals surface area contributed by atoms with E-state index in [-0.39, 0.29) is 0 Å². The second-order valence-corrected chi connectivity index (χ2v) is 7.37. The molecule has 1 atom stereocenters. The fraction of sp³-hybridized carbons (Fsp3) is 0.409. The molecule has 0 bridgehead atoms. The number of benzene rings is 1. The molecule has 29 heavy (non-hydrogen) atoms. The summed E-state index contributed by atoms with van der Waals surface area (Å²) in [5.41, 5.74) is 2.22. The van der Waals surface area contributed by atoms with Gasteiger partial charge in [-0.05, 0) is 44.0 Å². The van der Waals surface area contributed by atoms with E-state index in [1.807, 2.05) is 28.8 Å². The number of pyridine rings is 1. The highest BCUT2D eigenvalue weighted by Crippen LogP contribution is 2.19. The van der Waals surface area contributed by atoms with Gasteiger partial charge in [-0.15, -0.1) is 10.2 Å². The van der Waals surface area contributed by atoms with Crippen LogP contribution < -0.4 is 10.6 Å². The van der Waals surface area contributed by atoms with Crippen LogP contribution in [0.25, 0.3) is 5.65 Å². The molecular formula is C22H29N7. The van der Waals surface area contributed by atoms with Gasteiger partial charge >= 0.3 is 0 Å². The van der Waals surface area contributed by atoms with Crippen LogP contribution in [0.3, 0.4) is 0 Å². The molecule has 2 N–H and O–H groups in total. The van der Waals surface area contributed by atoms with E-state index in [4.69, 9.17) is 4.99 Å². The normalized spacial score (nSPS) is 17.7. The second-order valence-electron chi connectivity index (χ2n) is 7.37. The number of rotatable bonds is 7. The fourth-order valence-corrected chi connectivity index (χ4v) is 3.86. The van der Waals surface area contributed by atoms with Crippen LogP contribution in [0, 0.1) is 0 Å². The Bertz CT molecular complexity index is 934. The maximum absolute atomic E-state index is 4.73. The van der Waals surface area contributed by atoms with Gasteiger partial charge in [0.05, 0.1) is 0 Å². The fourth-order valence-electron chi connectivity index (χ4n) is 3.86. The Hall–Kier alpha value is -2.93. The van der Waals surface area contributed by atoms with Gasteiger partial charge in [-0.1, -0.05) is 36.4 Å². The summed E-state index contributed by atoms with van der Waals surface area (Å²) in [6, 6.07) is 17.1. The molecule has 1 aliphatic heterocycles. The molecule has 152 valence electrons. The van der Waals surface area contributed by atoms with Crippen molar-refractivity contribution in [3.8, 4) is 0 Å². The zero-order valence-corrected chi connectivity index (χ0v) is 17.0. The third-order valence-electron chi connectivity index (χ3n) is 5.34. The number of aromatic nitrogens is 3. The Morgan fingerprint density at radius 1 is 1.10 bits per heavy atom. The Morgan fingerprint density at radius 2 is 1.97 bits per heavy atom. The zero-order valence-electron chi connectivity index (χ0n) is 17.0. The molecule has 0 aliphatic carbocycles. The topological polar surface area (TPSA) is 69.8 Å². The smallest absolute Gasteiger partial charge is 0.191 e. The lowest BCUT2D eigenvalue weighted by Gasteiger charge is -2.25. The zero-order chi connectivity index (χ0) is 19.9. The largest absolute Gasteiger partial charge is 0.357 e. The van der Waals surface area contributed by atoms with Gasteiger partial charge in [0.1, 0.15) is 6.54 Å². The first-order valence-electron chi connectivity index (χ1n) is 10.4. The first-order valence-corrected chi connectivity index (χ1v) is 10.4. The Morgan fingerprint density at radius 3 is 2.83 bits per heavy atom. The van der Waals surface area contributed by atoms with Gasteiger partial charge in [0.2, 0.25) is 0 Å². The predicted molar refractivity (Wildman–Crippen MR) is 116 cm³/mol. The lowest BCUT2D eigenvalue weighted by Crippen LogP contribution is -2.44. The summed E-state index contributed by atoms with van der Waals surface area (Å²) in [6.07, 6.45) is 4.44. The van der Waals surface area contributed by atoms with Crippen molar-refractivity contribution >= 4 is 11.6 Å². The number of hydrogen-bond donors (Lipinski definition) is 2. The monoisotopic (exact) mass is 391 g/mol. The molecule has 7 heteroatoms. The molecular weight excluding hydrogens is 362 g/mol. The molecule has 7 nitrogen and oxygen atoms in total. The van der Waals surface area contributed by atoms with Crippen molar-refractivity contribution in [3.63, 3.8) is 0 Å². The van der Waals surface area contributed by atoms with Gasteiger partial charge in [-0.2, -0.15) is 0 Å². The predicted octanol–water partition coefficient (Wildman–Crippen LogP) is 2.45. The molecule has 2 aromatic heterocycles. The number of nitrogens with one attached hydrogen (secondary N) is 2. The molecule has 0 radical (unpaired) electrons. The summed E-state index contributed by atoms with van der Waals surface area (Å²) in [6.45, 7) is 6.44. The van der Waals surface area contributed by atoms with E-state index in [0.717, 1.165) is 43.6 Å². The standard InChI is InChI=1S/C22H29N7/c1-2-23-22(25-16-21-27-26-20-12-6-7-14-29(20)21)24-15-19-11-8-13-28(19)17-18-9-4-3-5-10-18/h3-7,9-10,12,14,19H,2,8,11,13,15-17H2,1H3,(H2,23,24,25). The van der Waals surface area contributed by atoms with E-state index in [2.05, 4.69) is 63.0 Å². The van der Waals surface area contributed by atoms with Crippen LogP contribution in [0.4, 0.5) is 0 Å². The van der Waals surface area contributed by atoms with Crippen molar-refractivity contribution in [1.82, 2.24) is 30.1 Å². The summed E-state index contributed by atoms with van der Waals surface area (Å²) in [7, 11) is 0. The Balaban J connectivity index is 1.37. The van der Waals surface area contributed by atoms with Gasteiger partial charge in [0.15, 0.2) is 17.4 Å². The lowest BCUT2D eigenvalue weighted by molar-refractivity contribution is 0.245. The number of nitrogens with zero attached hydrogens (tertiary/aromatic N) is 5. The number of likely N-dealkylation sites (tertiary alicyclic amines) is 1. The lowest BCUT2D eigenvalue weighted by atomic mass is 10.2. The highest BCUT2D eigenvalue weighted by molar-refractivity contribution is 5.79. The van der Waals surface area contributed by atoms with Crippen molar-refractivity contribution in [3.05, 3.63) is 66.1 Å². The number of aliphatic imine (C=N–C) groups is 1. The highest BCUT2D eigenvalue weighted by atomic mass is 15.3. The van der Waals surface area contributed by atoms with E-state index in [1.165, 1.54) is 18.4 Å². The minimum Gasteiger partial charge on any atom is -0.357 e. The molecule has 1 unspecified atom stereocenters. The average molecular weight is 392 g/mol. The third-order valence-corrected chi connectivity index (χ3v) is 5.34. The van der Waals surface area contributed by atoms with Gasteiger partial charge in [-0.25, -0.2) is 4.99 Å². The first-order chi connectivity index (χ1) is 14.3. The molecule has 3 heterocycles. The number of hydrogen-bond acceptors (Lipinski definition) is 4. The molecule has 0 spiro atoms. The average Bonchev–Trinajstić information content (AvgIpc) is 3.37.